The van der Waals surface area contributed by atoms with Crippen LogP contribution in [-0.4, -0.2) is 18.4 Å². The van der Waals surface area contributed by atoms with E-state index in [0.717, 1.165) is 17.8 Å². The molecule has 1 amide bonds. The number of guanidine groups is 1. The Labute approximate surface area is 130 Å². The quantitative estimate of drug-likeness (QED) is 0.586. The normalized spacial score (nSPS) is 11.0. The van der Waals surface area contributed by atoms with Crippen LogP contribution in [0.25, 0.3) is 0 Å². The van der Waals surface area contributed by atoms with Gasteiger partial charge in [0.2, 0.25) is 5.91 Å². The summed E-state index contributed by atoms with van der Waals surface area (Å²) in [5, 5.41) is 5.73. The van der Waals surface area contributed by atoms with Crippen molar-refractivity contribution in [2.75, 3.05) is 17.2 Å². The second kappa shape index (κ2) is 7.83. The second-order valence-corrected chi connectivity index (χ2v) is 4.79. The summed E-state index contributed by atoms with van der Waals surface area (Å²) < 4.78 is 0. The van der Waals surface area contributed by atoms with Crippen LogP contribution in [0, 0.1) is 0 Å². The van der Waals surface area contributed by atoms with Crippen molar-refractivity contribution in [1.82, 2.24) is 0 Å². The van der Waals surface area contributed by atoms with Gasteiger partial charge in [-0.3, -0.25) is 4.79 Å². The van der Waals surface area contributed by atoms with Crippen molar-refractivity contribution in [3.63, 3.8) is 0 Å². The highest BCUT2D eigenvalue weighted by Crippen LogP contribution is 2.10. The summed E-state index contributed by atoms with van der Waals surface area (Å²) in [6.45, 7) is 2.04. The maximum Gasteiger partial charge on any atom is 0.246 e. The third-order valence-corrected chi connectivity index (χ3v) is 3.06. The average Bonchev–Trinajstić information content (AvgIpc) is 2.54. The number of nitrogens with two attached hydrogens (primary N) is 1. The molecule has 0 unspecified atom stereocenters. The van der Waals surface area contributed by atoms with Crippen LogP contribution in [0.2, 0.25) is 0 Å². The van der Waals surface area contributed by atoms with Gasteiger partial charge in [-0.15, -0.1) is 0 Å². The molecule has 5 nitrogen and oxygen atoms in total. The number of benzene rings is 2. The summed E-state index contributed by atoms with van der Waals surface area (Å²) in [6, 6.07) is 17.2. The third kappa shape index (κ3) is 4.94. The number of nitrogens with one attached hydrogen (secondary N) is 2. The van der Waals surface area contributed by atoms with Crippen molar-refractivity contribution in [3.8, 4) is 0 Å². The number of rotatable bonds is 5. The van der Waals surface area contributed by atoms with Crippen molar-refractivity contribution >= 4 is 23.2 Å². The van der Waals surface area contributed by atoms with Crippen molar-refractivity contribution in [1.29, 1.82) is 0 Å². The predicted octanol–water partition coefficient (Wildman–Crippen LogP) is 2.61. The van der Waals surface area contributed by atoms with Crippen molar-refractivity contribution in [3.05, 3.63) is 60.2 Å². The minimum Gasteiger partial charge on any atom is -0.370 e. The van der Waals surface area contributed by atoms with Crippen LogP contribution in [0.15, 0.2) is 59.6 Å². The highest BCUT2D eigenvalue weighted by atomic mass is 16.1. The maximum atomic E-state index is 11.9. The Bertz CT molecular complexity index is 653. The van der Waals surface area contributed by atoms with Gasteiger partial charge in [-0.05, 0) is 36.2 Å². The zero-order valence-corrected chi connectivity index (χ0v) is 12.5. The lowest BCUT2D eigenvalue weighted by Gasteiger charge is -2.07. The molecule has 4 N–H and O–H groups in total. The highest BCUT2D eigenvalue weighted by Gasteiger charge is 2.02. The molecule has 2 aromatic carbocycles. The molecule has 0 radical (unpaired) electrons. The van der Waals surface area contributed by atoms with Crippen LogP contribution >= 0.6 is 0 Å². The zero-order valence-electron chi connectivity index (χ0n) is 12.5. The van der Waals surface area contributed by atoms with E-state index < -0.39 is 0 Å². The standard InChI is InChI=1S/C17H20N4O/c1-2-13-7-6-10-15(11-13)20-16(22)12-19-17(18)21-14-8-4-3-5-9-14/h3-11H,2,12H2,1H3,(H,20,22)(H3,18,19,21). The molecule has 0 heterocycles. The molecule has 0 aromatic heterocycles. The summed E-state index contributed by atoms with van der Waals surface area (Å²) in [6.07, 6.45) is 0.926. The van der Waals surface area contributed by atoms with Crippen molar-refractivity contribution in [2.24, 2.45) is 10.7 Å². The van der Waals surface area contributed by atoms with Gasteiger partial charge in [-0.25, -0.2) is 4.99 Å². The number of anilines is 2. The van der Waals surface area contributed by atoms with Gasteiger partial charge in [0.15, 0.2) is 5.96 Å². The lowest BCUT2D eigenvalue weighted by molar-refractivity contribution is -0.114. The Morgan fingerprint density at radius 1 is 1.05 bits per heavy atom. The predicted molar refractivity (Wildman–Crippen MR) is 91.0 cm³/mol. The summed E-state index contributed by atoms with van der Waals surface area (Å²) in [5.41, 5.74) is 8.53. The Balaban J connectivity index is 1.87. The Morgan fingerprint density at radius 2 is 1.77 bits per heavy atom. The van der Waals surface area contributed by atoms with E-state index >= 15 is 0 Å². The number of hydrogen-bond donors (Lipinski definition) is 3. The molecule has 2 rings (SSSR count). The molecule has 5 heteroatoms. The molecule has 0 aliphatic rings. The van der Waals surface area contributed by atoms with Gasteiger partial charge in [0.25, 0.3) is 0 Å². The molecule has 114 valence electrons. The van der Waals surface area contributed by atoms with E-state index in [1.54, 1.807) is 0 Å². The number of aliphatic imine (C=N–C) groups is 1. The van der Waals surface area contributed by atoms with Gasteiger partial charge < -0.3 is 16.4 Å². The molecule has 0 saturated carbocycles. The largest absolute Gasteiger partial charge is 0.370 e. The first-order chi connectivity index (χ1) is 10.7. The van der Waals surface area contributed by atoms with Gasteiger partial charge >= 0.3 is 0 Å². The third-order valence-electron chi connectivity index (χ3n) is 3.06. The topological polar surface area (TPSA) is 79.5 Å². The second-order valence-electron chi connectivity index (χ2n) is 4.79. The molecule has 0 aliphatic heterocycles. The summed E-state index contributed by atoms with van der Waals surface area (Å²) >= 11 is 0. The number of carbonyl (C=O) groups is 1. The summed E-state index contributed by atoms with van der Waals surface area (Å²) in [7, 11) is 0. The number of hydrogen-bond acceptors (Lipinski definition) is 2. The number of aryl methyl sites for hydroxylation is 1. The van der Waals surface area contributed by atoms with Gasteiger partial charge in [0.1, 0.15) is 6.54 Å². The van der Waals surface area contributed by atoms with Crippen LogP contribution in [0.1, 0.15) is 12.5 Å². The fourth-order valence-electron chi connectivity index (χ4n) is 1.94. The minimum absolute atomic E-state index is 0.0258. The first-order valence-electron chi connectivity index (χ1n) is 7.18. The summed E-state index contributed by atoms with van der Waals surface area (Å²) in [4.78, 5) is 15.9. The number of amides is 1. The molecule has 2 aromatic rings. The lowest BCUT2D eigenvalue weighted by Crippen LogP contribution is -2.25. The van der Waals surface area contributed by atoms with E-state index in [-0.39, 0.29) is 18.4 Å². The Morgan fingerprint density at radius 3 is 2.50 bits per heavy atom. The fourth-order valence-corrected chi connectivity index (χ4v) is 1.94. The van der Waals surface area contributed by atoms with E-state index in [0.29, 0.717) is 0 Å². The molecular formula is C17H20N4O. The molecule has 0 saturated heterocycles. The van der Waals surface area contributed by atoms with Gasteiger partial charge in [-0.2, -0.15) is 0 Å². The smallest absolute Gasteiger partial charge is 0.246 e. The molecule has 0 atom stereocenters. The molecule has 0 bridgehead atoms. The molecule has 22 heavy (non-hydrogen) atoms. The van der Waals surface area contributed by atoms with Crippen LogP contribution in [0.4, 0.5) is 11.4 Å². The van der Waals surface area contributed by atoms with E-state index in [2.05, 4.69) is 22.5 Å². The van der Waals surface area contributed by atoms with Crippen LogP contribution < -0.4 is 16.4 Å². The van der Waals surface area contributed by atoms with Crippen LogP contribution in [-0.2, 0) is 11.2 Å². The van der Waals surface area contributed by atoms with Crippen LogP contribution in [0.3, 0.4) is 0 Å². The van der Waals surface area contributed by atoms with Gasteiger partial charge in [0, 0.05) is 11.4 Å². The molecule has 0 spiro atoms. The molecule has 0 fully saturated rings. The molecule has 0 aliphatic carbocycles. The monoisotopic (exact) mass is 296 g/mol. The number of carbonyl (C=O) groups excluding carboxylic acids is 1. The van der Waals surface area contributed by atoms with Crippen molar-refractivity contribution in [2.45, 2.75) is 13.3 Å². The summed E-state index contributed by atoms with van der Waals surface area (Å²) in [5.74, 6) is 0.00900. The Kier molecular flexibility index (Phi) is 5.54. The fraction of sp³-hybridized carbons (Fsp3) is 0.176. The van der Waals surface area contributed by atoms with Crippen molar-refractivity contribution < 1.29 is 4.79 Å². The van der Waals surface area contributed by atoms with E-state index in [9.17, 15) is 4.79 Å². The van der Waals surface area contributed by atoms with E-state index in [1.807, 2.05) is 54.6 Å². The SMILES string of the molecule is CCc1cccc(NC(=O)CN=C(N)Nc2ccccc2)c1. The minimum atomic E-state index is -0.203. The van der Waals surface area contributed by atoms with E-state index in [1.165, 1.54) is 5.56 Å². The van der Waals surface area contributed by atoms with Gasteiger partial charge in [-0.1, -0.05) is 37.3 Å². The number of para-hydroxylation sites is 1. The van der Waals surface area contributed by atoms with Gasteiger partial charge in [0.05, 0.1) is 0 Å². The molecular weight excluding hydrogens is 276 g/mol. The average molecular weight is 296 g/mol. The zero-order chi connectivity index (χ0) is 15.8. The Hall–Kier alpha value is -2.82. The number of nitrogens with zero attached hydrogens (tertiary/aromatic N) is 1. The highest BCUT2D eigenvalue weighted by molar-refractivity contribution is 5.97. The van der Waals surface area contributed by atoms with Crippen LogP contribution in [0.5, 0.6) is 0 Å². The first kappa shape index (κ1) is 15.6. The first-order valence-corrected chi connectivity index (χ1v) is 7.18. The maximum absolute atomic E-state index is 11.9. The lowest BCUT2D eigenvalue weighted by atomic mass is 10.1. The van der Waals surface area contributed by atoms with E-state index in [4.69, 9.17) is 5.73 Å².